The number of carbonyl (C=O) groups excluding carboxylic acids is 1. The van der Waals surface area contributed by atoms with Crippen LogP contribution in [0, 0.1) is 11.6 Å². The van der Waals surface area contributed by atoms with Crippen molar-refractivity contribution in [3.63, 3.8) is 0 Å². The number of aryl methyl sites for hydroxylation is 1. The minimum absolute atomic E-state index is 0.0410. The van der Waals surface area contributed by atoms with Crippen LogP contribution in [0.5, 0.6) is 11.8 Å². The molecule has 2 aliphatic rings. The Morgan fingerprint density at radius 3 is 2.32 bits per heavy atom. The quantitative estimate of drug-likeness (QED) is 0.0783. The highest BCUT2D eigenvalue weighted by Crippen LogP contribution is 2.44. The summed E-state index contributed by atoms with van der Waals surface area (Å²) in [5.41, 5.74) is 3.51. The van der Waals surface area contributed by atoms with Gasteiger partial charge in [-0.25, -0.2) is 18.4 Å². The molecular weight excluding hydrogens is 745 g/mol. The molecule has 3 heterocycles. The molecule has 2 aliphatic heterocycles. The number of aromatic nitrogens is 2. The molecule has 4 aromatic rings. The maximum absolute atomic E-state index is 17.5. The molecule has 0 unspecified atom stereocenters. The molecule has 2 bridgehead atoms. The third kappa shape index (κ3) is 8.68. The normalized spacial score (nSPS) is 17.2. The van der Waals surface area contributed by atoms with Crippen LogP contribution in [0.3, 0.4) is 0 Å². The van der Waals surface area contributed by atoms with Gasteiger partial charge in [0.05, 0.1) is 17.6 Å². The van der Waals surface area contributed by atoms with Crippen molar-refractivity contribution in [2.24, 2.45) is 5.73 Å². The van der Waals surface area contributed by atoms with Crippen LogP contribution in [0.4, 0.5) is 32.6 Å². The van der Waals surface area contributed by atoms with Crippen LogP contribution in [-0.2, 0) is 15.9 Å². The molecule has 17 heteroatoms. The molecule has 0 aliphatic carbocycles. The molecule has 3 N–H and O–H groups in total. The van der Waals surface area contributed by atoms with Gasteiger partial charge < -0.3 is 34.7 Å². The number of rotatable bonds is 13. The molecular formula is C39H44F5N5O7. The van der Waals surface area contributed by atoms with Crippen molar-refractivity contribution in [3.05, 3.63) is 53.1 Å². The van der Waals surface area contributed by atoms with Gasteiger partial charge in [-0.05, 0) is 106 Å². The number of amides is 1. The zero-order chi connectivity index (χ0) is 40.5. The monoisotopic (exact) mass is 789 g/mol. The summed E-state index contributed by atoms with van der Waals surface area (Å²) in [5, 5.41) is 11.2. The number of nitrogens with zero attached hydrogens (tertiary/aromatic N) is 4. The number of carboxylic acids is 1. The van der Waals surface area contributed by atoms with E-state index in [-0.39, 0.29) is 59.8 Å². The minimum atomic E-state index is -4.79. The molecule has 1 aromatic heterocycles. The number of methoxy groups -OCH3 is 1. The number of unbranched alkanes of at least 4 members (excludes halogenated alkanes) is 2. The first-order valence-corrected chi connectivity index (χ1v) is 18.3. The van der Waals surface area contributed by atoms with Crippen LogP contribution >= 0.6 is 0 Å². The second-order valence-electron chi connectivity index (χ2n) is 15.0. The summed E-state index contributed by atoms with van der Waals surface area (Å²) in [5.74, 6) is -3.27. The summed E-state index contributed by atoms with van der Waals surface area (Å²) < 4.78 is 94.7. The number of aromatic carboxylic acids is 1. The Hall–Kier alpha value is -5.03. The highest BCUT2D eigenvalue weighted by Gasteiger charge is 2.45. The minimum Gasteiger partial charge on any atom is -0.478 e. The number of benzene rings is 3. The Bertz CT molecular complexity index is 2110. The predicted molar refractivity (Wildman–Crippen MR) is 197 cm³/mol. The number of ether oxygens (including phenoxy) is 4. The van der Waals surface area contributed by atoms with Crippen molar-refractivity contribution in [1.82, 2.24) is 14.9 Å². The summed E-state index contributed by atoms with van der Waals surface area (Å²) in [4.78, 5) is 38.0. The van der Waals surface area contributed by atoms with Crippen molar-refractivity contribution in [2.75, 3.05) is 45.0 Å². The van der Waals surface area contributed by atoms with E-state index in [1.54, 1.807) is 36.6 Å². The smallest absolute Gasteiger partial charge is 0.422 e. The first-order valence-electron chi connectivity index (χ1n) is 18.3. The summed E-state index contributed by atoms with van der Waals surface area (Å²) in [6.07, 6.45) is -2.04. The van der Waals surface area contributed by atoms with E-state index in [0.29, 0.717) is 44.0 Å². The maximum Gasteiger partial charge on any atom is 0.422 e. The number of fused-ring (bicyclic) bond motifs is 4. The zero-order valence-corrected chi connectivity index (χ0v) is 31.5. The van der Waals surface area contributed by atoms with Crippen molar-refractivity contribution < 1.29 is 55.6 Å². The first kappa shape index (κ1) is 40.6. The number of anilines is 1. The number of piperazine rings is 1. The van der Waals surface area contributed by atoms with Crippen molar-refractivity contribution in [3.8, 4) is 22.9 Å². The average Bonchev–Trinajstić information content (AvgIpc) is 3.40. The van der Waals surface area contributed by atoms with E-state index in [1.165, 1.54) is 25.3 Å². The topological polar surface area (TPSA) is 150 Å². The molecule has 0 spiro atoms. The third-order valence-electron chi connectivity index (χ3n) is 9.76. The number of nitrogens with two attached hydrogens (primary N) is 1. The Labute approximate surface area is 319 Å². The van der Waals surface area contributed by atoms with Crippen LogP contribution in [-0.4, -0.2) is 96.0 Å². The average molecular weight is 790 g/mol. The molecule has 0 radical (unpaired) electrons. The number of halogens is 5. The standard InChI is InChI=1S/C39H44F5N5O7/c1-38(2,3)56-37(52)49-22-10-11-23(49)18-48(17-22)34-28-16-27(35(50)51)31(32(41)33(28)46-36(47-34)54-19-39(42,43)44)26-15-24(55-20-53-4)14-21-9-12-29(40)25(30(21)26)8-6-5-7-13-45/h9,12,14-16,22-23H,5-8,10-11,13,17-20,45H2,1-4H3,(H,50,51)/t22-,23+. The summed E-state index contributed by atoms with van der Waals surface area (Å²) in [7, 11) is 1.39. The fourth-order valence-electron chi connectivity index (χ4n) is 7.53. The lowest BCUT2D eigenvalue weighted by atomic mass is 9.88. The summed E-state index contributed by atoms with van der Waals surface area (Å²) >= 11 is 0. The van der Waals surface area contributed by atoms with E-state index in [4.69, 9.17) is 24.7 Å². The van der Waals surface area contributed by atoms with E-state index in [9.17, 15) is 27.9 Å². The highest BCUT2D eigenvalue weighted by molar-refractivity contribution is 6.10. The highest BCUT2D eigenvalue weighted by atomic mass is 19.4. The van der Waals surface area contributed by atoms with Gasteiger partial charge >= 0.3 is 24.2 Å². The summed E-state index contributed by atoms with van der Waals surface area (Å²) in [6, 6.07) is 5.27. The van der Waals surface area contributed by atoms with E-state index in [2.05, 4.69) is 9.97 Å². The van der Waals surface area contributed by atoms with Gasteiger partial charge in [0.2, 0.25) is 0 Å². The van der Waals surface area contributed by atoms with Gasteiger partial charge in [-0.2, -0.15) is 23.1 Å². The van der Waals surface area contributed by atoms with Gasteiger partial charge in [0.1, 0.15) is 28.5 Å². The Morgan fingerprint density at radius 2 is 1.70 bits per heavy atom. The van der Waals surface area contributed by atoms with Crippen LogP contribution in [0.15, 0.2) is 30.3 Å². The molecule has 302 valence electrons. The van der Waals surface area contributed by atoms with Crippen LogP contribution in [0.25, 0.3) is 32.8 Å². The van der Waals surface area contributed by atoms with E-state index >= 15 is 8.78 Å². The number of alkyl halides is 3. The lowest BCUT2D eigenvalue weighted by Crippen LogP contribution is -2.57. The largest absolute Gasteiger partial charge is 0.478 e. The van der Waals surface area contributed by atoms with Crippen LogP contribution in [0.2, 0.25) is 0 Å². The maximum atomic E-state index is 17.5. The predicted octanol–water partition coefficient (Wildman–Crippen LogP) is 7.61. The third-order valence-corrected chi connectivity index (χ3v) is 9.76. The number of carboxylic acid groups (broad SMARTS) is 1. The zero-order valence-electron chi connectivity index (χ0n) is 31.5. The second kappa shape index (κ2) is 16.2. The van der Waals surface area contributed by atoms with E-state index in [1.807, 2.05) is 0 Å². The van der Waals surface area contributed by atoms with Crippen LogP contribution in [0.1, 0.15) is 68.8 Å². The molecule has 2 atom stereocenters. The van der Waals surface area contributed by atoms with E-state index < -0.39 is 76.8 Å². The molecule has 3 aromatic carbocycles. The van der Waals surface area contributed by atoms with Gasteiger partial charge in [-0.1, -0.05) is 12.5 Å². The number of hydrogen-bond donors (Lipinski definition) is 2. The second-order valence-corrected chi connectivity index (χ2v) is 15.0. The lowest BCUT2D eigenvalue weighted by molar-refractivity contribution is -0.154. The Balaban J connectivity index is 1.57. The van der Waals surface area contributed by atoms with Gasteiger partial charge in [0, 0.05) is 31.1 Å². The fourth-order valence-corrected chi connectivity index (χ4v) is 7.53. The number of carbonyl (C=O) groups is 2. The molecule has 6 rings (SSSR count). The van der Waals surface area contributed by atoms with Crippen LogP contribution < -0.4 is 20.1 Å². The van der Waals surface area contributed by atoms with Gasteiger partial charge in [0.25, 0.3) is 0 Å². The molecule has 0 saturated carbocycles. The molecule has 2 saturated heterocycles. The number of hydrogen-bond acceptors (Lipinski definition) is 10. The molecule has 12 nitrogen and oxygen atoms in total. The van der Waals surface area contributed by atoms with Gasteiger partial charge in [-0.15, -0.1) is 0 Å². The van der Waals surface area contributed by atoms with Gasteiger partial charge in [-0.3, -0.25) is 4.90 Å². The first-order chi connectivity index (χ1) is 26.5. The van der Waals surface area contributed by atoms with Gasteiger partial charge in [0.15, 0.2) is 19.2 Å². The molecule has 1 amide bonds. The fraction of sp³-hybridized carbons (Fsp3) is 0.487. The summed E-state index contributed by atoms with van der Waals surface area (Å²) in [6.45, 7) is 3.92. The van der Waals surface area contributed by atoms with Crippen molar-refractivity contribution in [1.29, 1.82) is 0 Å². The Kier molecular flexibility index (Phi) is 11.8. The lowest BCUT2D eigenvalue weighted by Gasteiger charge is -2.42. The van der Waals surface area contributed by atoms with Crippen molar-refractivity contribution >= 4 is 39.6 Å². The molecule has 2 fully saturated rings. The van der Waals surface area contributed by atoms with Crippen molar-refractivity contribution in [2.45, 2.75) is 83.2 Å². The SMILES string of the molecule is COCOc1cc(-c2c(C(=O)O)cc3c(N4C[C@H]5CC[C@@H](C4)N5C(=O)OC(C)(C)C)nc(OCC(F)(F)F)nc3c2F)c2c(CCCCCN)c(F)ccc2c1. The molecule has 56 heavy (non-hydrogen) atoms. The Morgan fingerprint density at radius 1 is 0.982 bits per heavy atom. The van der Waals surface area contributed by atoms with E-state index in [0.717, 1.165) is 6.07 Å².